The van der Waals surface area contributed by atoms with E-state index in [0.29, 0.717) is 6.01 Å². The fraction of sp³-hybridized carbons (Fsp3) is 0. The number of hydrogen-bond donors (Lipinski definition) is 0. The molecule has 2 aromatic carbocycles. The number of ether oxygens (including phenoxy) is 1. The summed E-state index contributed by atoms with van der Waals surface area (Å²) in [6.45, 7) is 0. The molecule has 0 fully saturated rings. The van der Waals surface area contributed by atoms with E-state index in [1.165, 1.54) is 0 Å². The van der Waals surface area contributed by atoms with Crippen molar-refractivity contribution in [3.8, 4) is 11.8 Å². The maximum absolute atomic E-state index is 5.60. The summed E-state index contributed by atoms with van der Waals surface area (Å²) in [6, 6.07) is 15.9. The Balaban J connectivity index is 1.98. The van der Waals surface area contributed by atoms with Gasteiger partial charge >= 0.3 is 6.01 Å². The summed E-state index contributed by atoms with van der Waals surface area (Å²) in [5.74, 6) is 0.738. The third-order valence-corrected chi connectivity index (χ3v) is 3.15. The molecule has 0 saturated carbocycles. The van der Waals surface area contributed by atoms with Crippen molar-refractivity contribution in [3.05, 3.63) is 58.3 Å². The Labute approximate surface area is 118 Å². The first-order valence-electron chi connectivity index (χ1n) is 5.46. The van der Waals surface area contributed by atoms with E-state index >= 15 is 0 Å². The molecule has 1 heterocycles. The summed E-state index contributed by atoms with van der Waals surface area (Å²) in [5.41, 5.74) is 0.892. The number of nitrogens with zero attached hydrogens (tertiary/aromatic N) is 2. The van der Waals surface area contributed by atoms with Gasteiger partial charge in [0.15, 0.2) is 0 Å². The van der Waals surface area contributed by atoms with E-state index in [4.69, 9.17) is 4.74 Å². The molecule has 0 unspecified atom stereocenters. The molecule has 88 valence electrons. The van der Waals surface area contributed by atoms with Crippen molar-refractivity contribution in [1.29, 1.82) is 0 Å². The minimum absolute atomic E-state index is 0.371. The summed E-state index contributed by atoms with van der Waals surface area (Å²) in [5, 5.41) is 1.01. The van der Waals surface area contributed by atoms with Gasteiger partial charge in [0, 0.05) is 15.2 Å². The molecule has 0 radical (unpaired) electrons. The monoisotopic (exact) mass is 348 g/mol. The number of hydrogen-bond acceptors (Lipinski definition) is 3. The number of benzene rings is 2. The molecule has 0 aliphatic carbocycles. The second-order valence-electron chi connectivity index (χ2n) is 3.77. The van der Waals surface area contributed by atoms with Gasteiger partial charge in [0.25, 0.3) is 0 Å². The van der Waals surface area contributed by atoms with Crippen molar-refractivity contribution in [1.82, 2.24) is 9.97 Å². The van der Waals surface area contributed by atoms with Gasteiger partial charge in [-0.1, -0.05) is 24.3 Å². The van der Waals surface area contributed by atoms with Crippen molar-refractivity contribution in [2.45, 2.75) is 0 Å². The van der Waals surface area contributed by atoms with Crippen LogP contribution in [0.4, 0.5) is 0 Å². The molecule has 0 N–H and O–H groups in total. The minimum atomic E-state index is 0.371. The van der Waals surface area contributed by atoms with Crippen LogP contribution in [-0.2, 0) is 0 Å². The second kappa shape index (κ2) is 4.89. The normalized spacial score (nSPS) is 10.5. The molecular weight excluding hydrogens is 339 g/mol. The van der Waals surface area contributed by atoms with Crippen molar-refractivity contribution in [2.24, 2.45) is 0 Å². The van der Waals surface area contributed by atoms with Crippen LogP contribution in [-0.4, -0.2) is 9.97 Å². The highest BCUT2D eigenvalue weighted by Gasteiger charge is 2.02. The lowest BCUT2D eigenvalue weighted by Gasteiger charge is -2.04. The lowest BCUT2D eigenvalue weighted by atomic mass is 10.2. The minimum Gasteiger partial charge on any atom is -0.424 e. The van der Waals surface area contributed by atoms with Gasteiger partial charge < -0.3 is 4.74 Å². The standard InChI is InChI=1S/C14H9IN2O/c15-11-7-6-10-9-16-14(17-13(10)8-11)18-12-4-2-1-3-5-12/h1-9H. The molecule has 0 saturated heterocycles. The zero-order chi connectivity index (χ0) is 12.4. The molecule has 3 aromatic rings. The highest BCUT2D eigenvalue weighted by Crippen LogP contribution is 2.20. The molecular formula is C14H9IN2O. The van der Waals surface area contributed by atoms with Crippen LogP contribution in [0.5, 0.6) is 11.8 Å². The average Bonchev–Trinajstić information content (AvgIpc) is 2.39. The second-order valence-corrected chi connectivity index (χ2v) is 5.02. The van der Waals surface area contributed by atoms with Gasteiger partial charge in [0.2, 0.25) is 0 Å². The van der Waals surface area contributed by atoms with Crippen molar-refractivity contribution in [2.75, 3.05) is 0 Å². The summed E-state index contributed by atoms with van der Waals surface area (Å²) in [6.07, 6.45) is 1.77. The third-order valence-electron chi connectivity index (χ3n) is 2.47. The predicted molar refractivity (Wildman–Crippen MR) is 78.8 cm³/mol. The smallest absolute Gasteiger partial charge is 0.322 e. The maximum atomic E-state index is 5.60. The van der Waals surface area contributed by atoms with Crippen LogP contribution in [0.25, 0.3) is 10.9 Å². The Bertz CT molecular complexity index is 686. The Morgan fingerprint density at radius 1 is 1.00 bits per heavy atom. The molecule has 4 heteroatoms. The molecule has 3 rings (SSSR count). The summed E-state index contributed by atoms with van der Waals surface area (Å²) in [7, 11) is 0. The van der Waals surface area contributed by atoms with Crippen molar-refractivity contribution >= 4 is 33.5 Å². The number of fused-ring (bicyclic) bond motifs is 1. The number of aromatic nitrogens is 2. The largest absolute Gasteiger partial charge is 0.424 e. The molecule has 3 nitrogen and oxygen atoms in total. The van der Waals surface area contributed by atoms with Gasteiger partial charge in [-0.05, 0) is 46.9 Å². The van der Waals surface area contributed by atoms with E-state index < -0.39 is 0 Å². The Kier molecular flexibility index (Phi) is 3.10. The van der Waals surface area contributed by atoms with E-state index in [-0.39, 0.29) is 0 Å². The molecule has 0 bridgehead atoms. The Hall–Kier alpha value is -1.69. The van der Waals surface area contributed by atoms with Crippen LogP contribution in [0.15, 0.2) is 54.7 Å². The lowest BCUT2D eigenvalue weighted by molar-refractivity contribution is 0.444. The fourth-order valence-electron chi connectivity index (χ4n) is 1.62. The van der Waals surface area contributed by atoms with E-state index in [1.54, 1.807) is 6.20 Å². The highest BCUT2D eigenvalue weighted by atomic mass is 127. The topological polar surface area (TPSA) is 35.0 Å². The Morgan fingerprint density at radius 2 is 1.83 bits per heavy atom. The van der Waals surface area contributed by atoms with Gasteiger partial charge in [-0.25, -0.2) is 4.98 Å². The fourth-order valence-corrected chi connectivity index (χ4v) is 2.10. The first-order chi connectivity index (χ1) is 8.81. The van der Waals surface area contributed by atoms with Gasteiger partial charge in [0.05, 0.1) is 5.52 Å². The van der Waals surface area contributed by atoms with Crippen LogP contribution < -0.4 is 4.74 Å². The van der Waals surface area contributed by atoms with Crippen LogP contribution in [0, 0.1) is 3.57 Å². The first kappa shape index (κ1) is 11.4. The van der Waals surface area contributed by atoms with E-state index in [0.717, 1.165) is 20.2 Å². The van der Waals surface area contributed by atoms with Crippen LogP contribution >= 0.6 is 22.6 Å². The summed E-state index contributed by atoms with van der Waals surface area (Å²) < 4.78 is 6.74. The quantitative estimate of drug-likeness (QED) is 0.656. The third kappa shape index (κ3) is 2.43. The Morgan fingerprint density at radius 3 is 2.67 bits per heavy atom. The molecule has 1 aromatic heterocycles. The lowest BCUT2D eigenvalue weighted by Crippen LogP contribution is -1.92. The SMILES string of the molecule is Ic1ccc2cnc(Oc3ccccc3)nc2c1. The molecule has 18 heavy (non-hydrogen) atoms. The van der Waals surface area contributed by atoms with Crippen LogP contribution in [0.3, 0.4) is 0 Å². The van der Waals surface area contributed by atoms with Gasteiger partial charge in [0.1, 0.15) is 5.75 Å². The van der Waals surface area contributed by atoms with E-state index in [9.17, 15) is 0 Å². The molecule has 0 aliphatic heterocycles. The number of halogens is 1. The highest BCUT2D eigenvalue weighted by molar-refractivity contribution is 14.1. The molecule has 0 amide bonds. The van der Waals surface area contributed by atoms with Gasteiger partial charge in [-0.3, -0.25) is 0 Å². The van der Waals surface area contributed by atoms with E-state index in [2.05, 4.69) is 32.6 Å². The van der Waals surface area contributed by atoms with Crippen LogP contribution in [0.1, 0.15) is 0 Å². The maximum Gasteiger partial charge on any atom is 0.322 e. The van der Waals surface area contributed by atoms with Gasteiger partial charge in [-0.15, -0.1) is 0 Å². The van der Waals surface area contributed by atoms with Crippen molar-refractivity contribution < 1.29 is 4.74 Å². The first-order valence-corrected chi connectivity index (χ1v) is 6.54. The van der Waals surface area contributed by atoms with Crippen molar-refractivity contribution in [3.63, 3.8) is 0 Å². The van der Waals surface area contributed by atoms with Gasteiger partial charge in [-0.2, -0.15) is 4.98 Å². The number of rotatable bonds is 2. The molecule has 0 aliphatic rings. The summed E-state index contributed by atoms with van der Waals surface area (Å²) in [4.78, 5) is 8.59. The molecule has 0 spiro atoms. The number of para-hydroxylation sites is 1. The average molecular weight is 348 g/mol. The van der Waals surface area contributed by atoms with Crippen LogP contribution in [0.2, 0.25) is 0 Å². The van der Waals surface area contributed by atoms with E-state index in [1.807, 2.05) is 48.5 Å². The summed E-state index contributed by atoms with van der Waals surface area (Å²) >= 11 is 2.26. The zero-order valence-corrected chi connectivity index (χ0v) is 11.5. The predicted octanol–water partition coefficient (Wildman–Crippen LogP) is 4.03. The zero-order valence-electron chi connectivity index (χ0n) is 9.38. The molecule has 0 atom stereocenters.